The molecule has 3 rings (SSSR count). The van der Waals surface area contributed by atoms with Gasteiger partial charge >= 0.3 is 0 Å². The van der Waals surface area contributed by atoms with Crippen molar-refractivity contribution in [3.05, 3.63) is 48.6 Å². The van der Waals surface area contributed by atoms with E-state index in [4.69, 9.17) is 14.2 Å². The number of ether oxygens (including phenoxy) is 3. The predicted molar refractivity (Wildman–Crippen MR) is 91.4 cm³/mol. The van der Waals surface area contributed by atoms with Crippen LogP contribution in [-0.2, 0) is 20.6 Å². The topological polar surface area (TPSA) is 27.7 Å². The molecule has 1 heterocycles. The molecule has 0 N–H and O–H groups in total. The average Bonchev–Trinajstić information content (AvgIpc) is 3.06. The van der Waals surface area contributed by atoms with Crippen LogP contribution in [0.5, 0.6) is 0 Å². The zero-order chi connectivity index (χ0) is 16.0. The van der Waals surface area contributed by atoms with Crippen LogP contribution >= 0.6 is 0 Å². The van der Waals surface area contributed by atoms with Crippen molar-refractivity contribution in [2.24, 2.45) is 0 Å². The third kappa shape index (κ3) is 4.23. The van der Waals surface area contributed by atoms with E-state index in [0.29, 0.717) is 0 Å². The summed E-state index contributed by atoms with van der Waals surface area (Å²) in [6.45, 7) is 6.26. The van der Waals surface area contributed by atoms with Crippen LogP contribution in [0, 0.1) is 0 Å². The van der Waals surface area contributed by atoms with Gasteiger partial charge in [-0.05, 0) is 37.7 Å². The van der Waals surface area contributed by atoms with E-state index >= 15 is 0 Å². The molecule has 0 aromatic heterocycles. The summed E-state index contributed by atoms with van der Waals surface area (Å²) in [5.74, 6) is -0.330. The molecule has 126 valence electrons. The summed E-state index contributed by atoms with van der Waals surface area (Å²) < 4.78 is 17.8. The van der Waals surface area contributed by atoms with Gasteiger partial charge in [-0.25, -0.2) is 0 Å². The summed E-state index contributed by atoms with van der Waals surface area (Å²) in [4.78, 5) is 0. The minimum absolute atomic E-state index is 0.187. The van der Waals surface area contributed by atoms with E-state index < -0.39 is 0 Å². The molecule has 1 saturated carbocycles. The summed E-state index contributed by atoms with van der Waals surface area (Å²) in [6, 6.07) is 10.6. The first-order chi connectivity index (χ1) is 11.3. The van der Waals surface area contributed by atoms with Gasteiger partial charge in [0.05, 0.1) is 18.8 Å². The maximum Gasteiger partial charge on any atom is 0.168 e. The SMILES string of the molecule is C=CC1(OCCCCc2ccccc2)CCC2(CC1)OCCO2. The number of aryl methyl sites for hydroxylation is 1. The molecule has 1 aromatic rings. The fourth-order valence-electron chi connectivity index (χ4n) is 3.60. The summed E-state index contributed by atoms with van der Waals surface area (Å²) in [5.41, 5.74) is 1.22. The third-order valence-electron chi connectivity index (χ3n) is 5.14. The van der Waals surface area contributed by atoms with Crippen LogP contribution < -0.4 is 0 Å². The van der Waals surface area contributed by atoms with Crippen molar-refractivity contribution >= 4 is 0 Å². The lowest BCUT2D eigenvalue weighted by Crippen LogP contribution is -2.44. The molecule has 0 atom stereocenters. The van der Waals surface area contributed by atoms with Crippen LogP contribution in [0.15, 0.2) is 43.0 Å². The lowest BCUT2D eigenvalue weighted by atomic mass is 9.81. The number of benzene rings is 1. The largest absolute Gasteiger partial charge is 0.371 e. The second-order valence-electron chi connectivity index (χ2n) is 6.67. The molecule has 1 aliphatic heterocycles. The molecule has 3 nitrogen and oxygen atoms in total. The van der Waals surface area contributed by atoms with Crippen LogP contribution in [-0.4, -0.2) is 31.2 Å². The molecular formula is C20H28O3. The normalized spacial score (nSPS) is 22.3. The molecule has 1 saturated heterocycles. The Bertz CT molecular complexity index is 481. The van der Waals surface area contributed by atoms with Crippen LogP contribution in [0.1, 0.15) is 44.1 Å². The van der Waals surface area contributed by atoms with E-state index in [2.05, 4.69) is 36.9 Å². The number of hydrogen-bond donors (Lipinski definition) is 0. The van der Waals surface area contributed by atoms with Gasteiger partial charge in [0.1, 0.15) is 0 Å². The summed E-state index contributed by atoms with van der Waals surface area (Å²) in [5, 5.41) is 0. The Hall–Kier alpha value is -1.16. The van der Waals surface area contributed by atoms with Crippen molar-refractivity contribution in [1.29, 1.82) is 0 Å². The van der Waals surface area contributed by atoms with Gasteiger partial charge in [-0.15, -0.1) is 6.58 Å². The van der Waals surface area contributed by atoms with E-state index in [1.54, 1.807) is 0 Å². The van der Waals surface area contributed by atoms with Crippen molar-refractivity contribution in [3.8, 4) is 0 Å². The lowest BCUT2D eigenvalue weighted by Gasteiger charge is -2.41. The minimum atomic E-state index is -0.330. The van der Waals surface area contributed by atoms with Crippen LogP contribution in [0.2, 0.25) is 0 Å². The Kier molecular flexibility index (Phi) is 5.52. The Labute approximate surface area is 139 Å². The minimum Gasteiger partial charge on any atom is -0.371 e. The Morgan fingerprint density at radius 1 is 1.00 bits per heavy atom. The van der Waals surface area contributed by atoms with Crippen molar-refractivity contribution in [3.63, 3.8) is 0 Å². The highest BCUT2D eigenvalue weighted by molar-refractivity contribution is 5.14. The second-order valence-corrected chi connectivity index (χ2v) is 6.67. The predicted octanol–water partition coefficient (Wildman–Crippen LogP) is 4.27. The number of hydrogen-bond acceptors (Lipinski definition) is 3. The summed E-state index contributed by atoms with van der Waals surface area (Å²) in [7, 11) is 0. The zero-order valence-electron chi connectivity index (χ0n) is 14.0. The third-order valence-corrected chi connectivity index (χ3v) is 5.14. The molecular weight excluding hydrogens is 288 g/mol. The first kappa shape index (κ1) is 16.7. The Morgan fingerprint density at radius 3 is 2.35 bits per heavy atom. The number of rotatable bonds is 7. The fraction of sp³-hybridized carbons (Fsp3) is 0.600. The standard InChI is InChI=1S/C20H28O3/c1-2-19(11-13-20(14-12-19)22-16-17-23-20)21-15-7-6-10-18-8-4-3-5-9-18/h2-5,8-9H,1,6-7,10-17H2. The second kappa shape index (κ2) is 7.61. The maximum atomic E-state index is 6.23. The molecule has 3 heteroatoms. The van der Waals surface area contributed by atoms with Gasteiger partial charge in [-0.3, -0.25) is 0 Å². The molecule has 23 heavy (non-hydrogen) atoms. The molecule has 0 bridgehead atoms. The Balaban J connectivity index is 1.39. The maximum absolute atomic E-state index is 6.23. The summed E-state index contributed by atoms with van der Waals surface area (Å²) in [6.07, 6.45) is 9.05. The van der Waals surface area contributed by atoms with Gasteiger partial charge in [-0.2, -0.15) is 0 Å². The van der Waals surface area contributed by atoms with Gasteiger partial charge in [0.15, 0.2) is 5.79 Å². The Morgan fingerprint density at radius 2 is 1.70 bits per heavy atom. The van der Waals surface area contributed by atoms with Gasteiger partial charge in [0.2, 0.25) is 0 Å². The highest BCUT2D eigenvalue weighted by atomic mass is 16.7. The van der Waals surface area contributed by atoms with Gasteiger partial charge in [-0.1, -0.05) is 36.4 Å². The fourth-order valence-corrected chi connectivity index (χ4v) is 3.60. The van der Waals surface area contributed by atoms with Crippen molar-refractivity contribution in [2.45, 2.75) is 56.3 Å². The first-order valence-corrected chi connectivity index (χ1v) is 8.85. The first-order valence-electron chi connectivity index (χ1n) is 8.85. The zero-order valence-corrected chi connectivity index (χ0v) is 14.0. The van der Waals surface area contributed by atoms with E-state index in [9.17, 15) is 0 Å². The monoisotopic (exact) mass is 316 g/mol. The van der Waals surface area contributed by atoms with Crippen molar-refractivity contribution < 1.29 is 14.2 Å². The molecule has 0 amide bonds. The van der Waals surface area contributed by atoms with E-state index in [1.165, 1.54) is 5.56 Å². The van der Waals surface area contributed by atoms with Gasteiger partial charge in [0, 0.05) is 19.4 Å². The van der Waals surface area contributed by atoms with Crippen molar-refractivity contribution in [1.82, 2.24) is 0 Å². The summed E-state index contributed by atoms with van der Waals surface area (Å²) >= 11 is 0. The van der Waals surface area contributed by atoms with Crippen LogP contribution in [0.3, 0.4) is 0 Å². The smallest absolute Gasteiger partial charge is 0.168 e. The quantitative estimate of drug-likeness (QED) is 0.555. The molecule has 1 spiro atoms. The van der Waals surface area contributed by atoms with Crippen LogP contribution in [0.4, 0.5) is 0 Å². The van der Waals surface area contributed by atoms with Gasteiger partial charge < -0.3 is 14.2 Å². The van der Waals surface area contributed by atoms with Gasteiger partial charge in [0.25, 0.3) is 0 Å². The van der Waals surface area contributed by atoms with E-state index in [1.807, 2.05) is 6.08 Å². The molecule has 0 unspecified atom stereocenters. The molecule has 2 fully saturated rings. The lowest BCUT2D eigenvalue weighted by molar-refractivity contribution is -0.202. The van der Waals surface area contributed by atoms with E-state index in [0.717, 1.165) is 64.8 Å². The molecule has 2 aliphatic rings. The molecule has 1 aromatic carbocycles. The van der Waals surface area contributed by atoms with Crippen molar-refractivity contribution in [2.75, 3.05) is 19.8 Å². The van der Waals surface area contributed by atoms with E-state index in [-0.39, 0.29) is 11.4 Å². The van der Waals surface area contributed by atoms with Crippen LogP contribution in [0.25, 0.3) is 0 Å². The highest BCUT2D eigenvalue weighted by Crippen LogP contribution is 2.42. The molecule has 1 aliphatic carbocycles. The number of unbranched alkanes of at least 4 members (excludes halogenated alkanes) is 1. The molecule has 0 radical (unpaired) electrons. The highest BCUT2D eigenvalue weighted by Gasteiger charge is 2.45. The average molecular weight is 316 g/mol.